The Bertz CT molecular complexity index is 5220. The average Bonchev–Trinajstić information content (AvgIpc) is 1.63. The highest BCUT2D eigenvalue weighted by Crippen LogP contribution is 2.41. The first kappa shape index (κ1) is 102. The summed E-state index contributed by atoms with van der Waals surface area (Å²) in [7, 11) is 4.56. The third-order valence-corrected chi connectivity index (χ3v) is 26.4. The van der Waals surface area contributed by atoms with Gasteiger partial charge in [0.1, 0.15) is 59.7 Å². The Morgan fingerprint density at radius 1 is 0.754 bits per heavy atom. The Morgan fingerprint density at radius 3 is 2.20 bits per heavy atom. The van der Waals surface area contributed by atoms with Crippen molar-refractivity contribution in [3.05, 3.63) is 138 Å². The fourth-order valence-electron chi connectivity index (χ4n) is 18.4. The molecule has 7 aromatic rings. The number of rotatable bonds is 33. The SMILES string of the molecule is CO[C@H]1C[C@@H]2CC[C@@H](C)[C@@](O)(O2)C(=O)C(=O)N2CCCC[C@H]2C(=O)O[C@H]([C@H](C)C[C@@H]2CC[C@H](n3cc(COC(=O)NCCOCCOCCOCCC(=O)CCc4cnc(N5CCN(c6ncc(C(=O)NCCCCn7nc(-c8cc9cc(O)ccc9[nH]8)c8c(N)cccc87)cn6)CC5)nc4)nn3)[C@H](OC)C2)CC(=O)[C@H](C)/C=C(\C)[C@@H](O)[C@@H](OC)C(=O)[C@H](C)C[C@H](C)/C=C/C=C/C=C/1C. The van der Waals surface area contributed by atoms with Gasteiger partial charge >= 0.3 is 12.1 Å². The Labute approximate surface area is 782 Å². The molecule has 2 bridgehead atoms. The van der Waals surface area contributed by atoms with Crippen molar-refractivity contribution >= 4 is 86.4 Å². The summed E-state index contributed by atoms with van der Waals surface area (Å²) in [5.41, 5.74) is 13.3. The van der Waals surface area contributed by atoms with Gasteiger partial charge in [-0.2, -0.15) is 5.10 Å². The van der Waals surface area contributed by atoms with Crippen molar-refractivity contribution in [2.24, 2.45) is 35.5 Å². The number of ketones is 4. The number of carbonyl (C=O) groups is 8. The number of esters is 1. The van der Waals surface area contributed by atoms with Crippen molar-refractivity contribution in [2.75, 3.05) is 122 Å². The molecule has 1 saturated carbocycles. The summed E-state index contributed by atoms with van der Waals surface area (Å²) in [4.78, 5) is 138. The molecule has 5 aliphatic rings. The van der Waals surface area contributed by atoms with Gasteiger partial charge in [0.25, 0.3) is 17.6 Å². The van der Waals surface area contributed by atoms with E-state index in [0.717, 1.165) is 50.8 Å². The van der Waals surface area contributed by atoms with Gasteiger partial charge < -0.3 is 94.0 Å². The number of benzene rings is 2. The van der Waals surface area contributed by atoms with Gasteiger partial charge in [-0.1, -0.05) is 82.4 Å². The van der Waals surface area contributed by atoms with E-state index < -0.39 is 89.8 Å². The first-order valence-corrected chi connectivity index (χ1v) is 47.1. The molecule has 15 atom stereocenters. The van der Waals surface area contributed by atoms with Gasteiger partial charge in [-0.3, -0.25) is 33.4 Å². The number of aryl methyl sites for hydroxylation is 2. The summed E-state index contributed by atoms with van der Waals surface area (Å²) in [6, 6.07) is 11.4. The van der Waals surface area contributed by atoms with E-state index in [1.54, 1.807) is 95.8 Å². The zero-order valence-electron chi connectivity index (χ0n) is 78.8. The van der Waals surface area contributed by atoms with Crippen LogP contribution in [0, 0.1) is 35.5 Å². The van der Waals surface area contributed by atoms with Gasteiger partial charge in [0.2, 0.25) is 17.7 Å². The molecule has 3 saturated heterocycles. The molecule has 726 valence electrons. The van der Waals surface area contributed by atoms with Crippen molar-refractivity contribution in [1.82, 2.24) is 65.2 Å². The van der Waals surface area contributed by atoms with Crippen LogP contribution in [-0.2, 0) is 91.0 Å². The summed E-state index contributed by atoms with van der Waals surface area (Å²) in [6.07, 6.45) is 21.2. The topological polar surface area (TPSA) is 456 Å². The lowest BCUT2D eigenvalue weighted by molar-refractivity contribution is -0.265. The van der Waals surface area contributed by atoms with Crippen LogP contribution in [0.4, 0.5) is 22.4 Å². The number of piperazine rings is 1. The van der Waals surface area contributed by atoms with E-state index in [4.69, 9.17) is 53.5 Å². The number of nitrogens with two attached hydrogens (primary N) is 1. The zero-order valence-corrected chi connectivity index (χ0v) is 78.8. The number of nitrogen functional groups attached to an aromatic ring is 1. The number of nitrogens with one attached hydrogen (secondary N) is 3. The number of hydrogen-bond acceptors (Lipinski definition) is 30. The molecule has 0 radical (unpaired) electrons. The van der Waals surface area contributed by atoms with Gasteiger partial charge in [0.15, 0.2) is 5.78 Å². The number of unbranched alkanes of at least 4 members (excludes halogenated alkanes) is 1. The number of cyclic esters (lactones) is 1. The van der Waals surface area contributed by atoms with Crippen molar-refractivity contribution in [3.63, 3.8) is 0 Å². The Kier molecular flexibility index (Phi) is 37.6. The smallest absolute Gasteiger partial charge is 0.407 e. The predicted octanol–water partition coefficient (Wildman–Crippen LogP) is 10.4. The minimum absolute atomic E-state index is 0.0144. The number of Topliss-reactive ketones (excluding diaryl/α,β-unsaturated/α-hetero) is 4. The number of aromatic nitrogens is 10. The molecular formula is C98H134N16O20. The number of phenols is 1. The molecule has 9 heterocycles. The number of aromatic hydroxyl groups is 1. The van der Waals surface area contributed by atoms with Crippen LogP contribution < -0.4 is 26.2 Å². The van der Waals surface area contributed by atoms with Crippen molar-refractivity contribution < 1.29 is 96.3 Å². The molecule has 4 fully saturated rings. The van der Waals surface area contributed by atoms with Crippen LogP contribution in [0.2, 0.25) is 0 Å². The van der Waals surface area contributed by atoms with Gasteiger partial charge in [0.05, 0.1) is 92.4 Å². The lowest BCUT2D eigenvalue weighted by Crippen LogP contribution is -2.61. The van der Waals surface area contributed by atoms with E-state index in [9.17, 15) is 53.7 Å². The number of aliphatic hydroxyl groups is 2. The number of H-pyrrole nitrogens is 1. The number of methoxy groups -OCH3 is 3. The molecule has 3 amide bonds. The molecule has 36 nitrogen and oxygen atoms in total. The molecular weight excluding hydrogens is 1720 g/mol. The number of amides is 3. The molecule has 12 rings (SSSR count). The third-order valence-electron chi connectivity index (χ3n) is 26.4. The minimum atomic E-state index is -2.49. The van der Waals surface area contributed by atoms with Crippen LogP contribution in [0.15, 0.2) is 121 Å². The number of fused-ring (bicyclic) bond motifs is 5. The lowest BCUT2D eigenvalue weighted by Gasteiger charge is -2.42. The molecule has 134 heavy (non-hydrogen) atoms. The van der Waals surface area contributed by atoms with E-state index in [1.807, 2.05) is 86.2 Å². The minimum Gasteiger partial charge on any atom is -0.508 e. The number of nitrogens with zero attached hydrogens (tertiary/aromatic N) is 12. The highest BCUT2D eigenvalue weighted by Gasteiger charge is 2.53. The summed E-state index contributed by atoms with van der Waals surface area (Å²) in [5, 5.41) is 54.9. The standard InChI is InChI=1S/C98H134N16O20/c1-61-19-12-11-13-20-62(2)83(126-8)53-75-29-24-67(7)98(125,134-75)91(120)93(122)112-35-16-14-22-81(112)94(123)133-84(54-82(117)63(3)48-66(6)89(119)90(128-10)88(118)65(5)47-61)64(4)49-68-26-31-79(85(50-68)127-9)114-59-72(107-109-114)60-132-97(124)101-34-42-130-44-46-131-45-43-129-41-32-73(115)27-25-69-55-102-95(103-56-69)110-37-39-111(40-38-110)96-104-57-71(58-105-96)92(121)100-33-15-17-36-113-80-23-18-21-76(99)86(80)87(108-113)78-52-70-51-74(116)28-30-77(70)106-78/h11-13,18-21,23,28,30,48,51-52,55-59,61,63-65,67-68,75,79,81,83-85,89-90,106,116,119,125H,14-17,22,24-27,29,31-47,49-50,53-54,60,99H2,1-10H3,(H,100,121)(H,101,124)/b13-11+,19-12+,62-20+,66-48+/t61-,63-,64-,65-,67-,68+,75+,79+,81+,83+,84+,85-,89-,90+,98-/m1/s1. The second kappa shape index (κ2) is 49.4. The van der Waals surface area contributed by atoms with Crippen molar-refractivity contribution in [2.45, 2.75) is 225 Å². The molecule has 36 heteroatoms. The normalized spacial score (nSPS) is 26.3. The predicted molar refractivity (Wildman–Crippen MR) is 500 cm³/mol. The van der Waals surface area contributed by atoms with Gasteiger partial charge in [0, 0.05) is 159 Å². The van der Waals surface area contributed by atoms with Gasteiger partial charge in [-0.25, -0.2) is 34.2 Å². The highest BCUT2D eigenvalue weighted by atomic mass is 16.6. The van der Waals surface area contributed by atoms with E-state index in [1.165, 1.54) is 12.0 Å². The highest BCUT2D eigenvalue weighted by molar-refractivity contribution is 6.39. The molecule has 4 aliphatic heterocycles. The molecule has 2 aromatic carbocycles. The molecule has 5 aromatic heterocycles. The second-order valence-electron chi connectivity index (χ2n) is 36.3. The number of aromatic amines is 1. The summed E-state index contributed by atoms with van der Waals surface area (Å²) in [6.45, 7) is 17.9. The number of carbonyl (C=O) groups excluding carboxylic acids is 8. The number of piperidine rings is 1. The van der Waals surface area contributed by atoms with Crippen LogP contribution in [0.1, 0.15) is 179 Å². The molecule has 8 N–H and O–H groups in total. The summed E-state index contributed by atoms with van der Waals surface area (Å²) < 4.78 is 56.4. The van der Waals surface area contributed by atoms with Crippen molar-refractivity contribution in [1.29, 1.82) is 0 Å². The van der Waals surface area contributed by atoms with Crippen LogP contribution in [0.25, 0.3) is 33.2 Å². The van der Waals surface area contributed by atoms with E-state index in [0.29, 0.717) is 171 Å². The number of alkyl carbamates (subject to hydrolysis) is 1. The third kappa shape index (κ3) is 27.4. The van der Waals surface area contributed by atoms with Crippen LogP contribution in [0.5, 0.6) is 5.75 Å². The Morgan fingerprint density at radius 2 is 1.48 bits per heavy atom. The Hall–Kier alpha value is -11.1. The fraction of sp³-hybridized carbons (Fsp3) is 0.582. The average molecular weight is 1860 g/mol. The van der Waals surface area contributed by atoms with Crippen molar-refractivity contribution in [3.8, 4) is 17.1 Å². The van der Waals surface area contributed by atoms with Gasteiger partial charge in [-0.05, 0) is 168 Å². The van der Waals surface area contributed by atoms with E-state index in [2.05, 4.69) is 55.7 Å². The maximum atomic E-state index is 14.8. The second-order valence-corrected chi connectivity index (χ2v) is 36.3. The number of anilines is 3. The number of aliphatic hydroxyl groups excluding tert-OH is 1. The number of ether oxygens (including phenoxy) is 9. The number of phenolic OH excluding ortho intramolecular Hbond substituents is 1. The quantitative estimate of drug-likeness (QED) is 0.00660. The van der Waals surface area contributed by atoms with Crippen LogP contribution in [0.3, 0.4) is 0 Å². The van der Waals surface area contributed by atoms with E-state index >= 15 is 0 Å². The first-order chi connectivity index (χ1) is 64.6. The molecule has 0 spiro atoms. The maximum Gasteiger partial charge on any atom is 0.407 e. The first-order valence-electron chi connectivity index (χ1n) is 47.1. The lowest BCUT2D eigenvalue weighted by atomic mass is 9.77. The summed E-state index contributed by atoms with van der Waals surface area (Å²) in [5.74, 6) is -7.49. The zero-order chi connectivity index (χ0) is 95.5. The monoisotopic (exact) mass is 1850 g/mol. The van der Waals surface area contributed by atoms with Crippen LogP contribution in [-0.4, -0.2) is 272 Å². The fourth-order valence-corrected chi connectivity index (χ4v) is 18.4. The van der Waals surface area contributed by atoms with Gasteiger partial charge in [-0.15, -0.1) is 5.10 Å². The maximum absolute atomic E-state index is 14.8. The Balaban J connectivity index is 0.515. The summed E-state index contributed by atoms with van der Waals surface area (Å²) >= 11 is 0. The number of hydrogen-bond donors (Lipinski definition) is 7. The van der Waals surface area contributed by atoms with E-state index in [-0.39, 0.29) is 118 Å². The molecule has 1 aliphatic carbocycles. The number of allylic oxidation sites excluding steroid dienone is 6. The van der Waals surface area contributed by atoms with Crippen LogP contribution >= 0.6 is 0 Å². The largest absolute Gasteiger partial charge is 0.508 e. The molecule has 0 unspecified atom stereocenters.